The Kier molecular flexibility index (Phi) is 5.44. The molecule has 0 fully saturated rings. The first-order chi connectivity index (χ1) is 10.9. The van der Waals surface area contributed by atoms with Gasteiger partial charge in [0, 0.05) is 25.4 Å². The Morgan fingerprint density at radius 2 is 2.09 bits per heavy atom. The predicted molar refractivity (Wildman–Crippen MR) is 85.1 cm³/mol. The molecule has 122 valence electrons. The number of carbonyl (C=O) groups is 2. The lowest BCUT2D eigenvalue weighted by atomic mass is 10.1. The minimum absolute atomic E-state index is 0.105. The highest BCUT2D eigenvalue weighted by Crippen LogP contribution is 2.18. The Hall–Kier alpha value is -2.28. The molecular weight excluding hydrogens is 319 g/mol. The normalized spacial score (nSPS) is 12.0. The zero-order chi connectivity index (χ0) is 17.0. The highest BCUT2D eigenvalue weighted by Gasteiger charge is 2.20. The maximum atomic E-state index is 13.6. The van der Waals surface area contributed by atoms with E-state index in [1.807, 2.05) is 0 Å². The van der Waals surface area contributed by atoms with Crippen LogP contribution < -0.4 is 0 Å². The van der Waals surface area contributed by atoms with Gasteiger partial charge in [0.1, 0.15) is 11.5 Å². The van der Waals surface area contributed by atoms with Crippen molar-refractivity contribution in [1.82, 2.24) is 9.88 Å². The van der Waals surface area contributed by atoms with Crippen LogP contribution in [0.4, 0.5) is 4.39 Å². The van der Waals surface area contributed by atoms with Crippen LogP contribution in [-0.4, -0.2) is 40.5 Å². The summed E-state index contributed by atoms with van der Waals surface area (Å²) in [5, 5.41) is 11.1. The van der Waals surface area contributed by atoms with E-state index in [0.29, 0.717) is 17.0 Å². The molecule has 0 saturated heterocycles. The summed E-state index contributed by atoms with van der Waals surface area (Å²) in [4.78, 5) is 28.7. The fourth-order valence-corrected chi connectivity index (χ4v) is 2.85. The summed E-state index contributed by atoms with van der Waals surface area (Å²) in [5.41, 5.74) is 0.773. The molecule has 1 N–H and O–H groups in total. The fourth-order valence-electron chi connectivity index (χ4n) is 2.06. The quantitative estimate of drug-likeness (QED) is 0.880. The molecule has 0 radical (unpaired) electrons. The summed E-state index contributed by atoms with van der Waals surface area (Å²) >= 11 is 1.28. The van der Waals surface area contributed by atoms with Gasteiger partial charge in [-0.05, 0) is 11.6 Å². The monoisotopic (exact) mass is 336 g/mol. The van der Waals surface area contributed by atoms with Crippen LogP contribution in [-0.2, 0) is 11.2 Å². The van der Waals surface area contributed by atoms with E-state index in [2.05, 4.69) is 4.98 Å². The van der Waals surface area contributed by atoms with Gasteiger partial charge in [-0.1, -0.05) is 25.1 Å². The Morgan fingerprint density at radius 3 is 2.74 bits per heavy atom. The van der Waals surface area contributed by atoms with Crippen LogP contribution in [0.2, 0.25) is 0 Å². The van der Waals surface area contributed by atoms with Crippen LogP contribution in [0.1, 0.15) is 28.0 Å². The molecule has 2 aromatic rings. The van der Waals surface area contributed by atoms with Gasteiger partial charge in [-0.2, -0.15) is 0 Å². The number of carboxylic acids is 1. The predicted octanol–water partition coefficient (Wildman–Crippen LogP) is 2.67. The fraction of sp³-hybridized carbons (Fsp3) is 0.312. The average Bonchev–Trinajstić information content (AvgIpc) is 2.97. The van der Waals surface area contributed by atoms with E-state index < -0.39 is 11.9 Å². The highest BCUT2D eigenvalue weighted by molar-refractivity contribution is 7.09. The maximum absolute atomic E-state index is 13.6. The van der Waals surface area contributed by atoms with Crippen molar-refractivity contribution in [3.63, 3.8) is 0 Å². The summed E-state index contributed by atoms with van der Waals surface area (Å²) in [6.07, 6.45) is 0.319. The van der Waals surface area contributed by atoms with Gasteiger partial charge in [0.2, 0.25) is 0 Å². The number of amides is 1. The largest absolute Gasteiger partial charge is 0.481 e. The minimum atomic E-state index is -0.955. The molecule has 1 atom stereocenters. The number of nitrogens with zero attached hydrogens (tertiary/aromatic N) is 2. The van der Waals surface area contributed by atoms with Crippen molar-refractivity contribution < 1.29 is 19.1 Å². The van der Waals surface area contributed by atoms with Crippen LogP contribution >= 0.6 is 11.3 Å². The van der Waals surface area contributed by atoms with Crippen LogP contribution in [0.3, 0.4) is 0 Å². The van der Waals surface area contributed by atoms with Crippen molar-refractivity contribution >= 4 is 23.2 Å². The first-order valence-electron chi connectivity index (χ1n) is 7.04. The molecule has 0 spiro atoms. The number of carboxylic acid groups (broad SMARTS) is 1. The standard InChI is InChI=1S/C16H17FN2O3S/c1-10(16(21)22)8-19(2)15(20)13-9-23-14(18-13)7-11-5-3-4-6-12(11)17/h3-6,9-10H,7-8H2,1-2H3,(H,21,22). The number of hydrogen-bond acceptors (Lipinski definition) is 4. The molecule has 1 aromatic heterocycles. The third-order valence-electron chi connectivity index (χ3n) is 3.39. The van der Waals surface area contributed by atoms with E-state index in [1.165, 1.54) is 36.3 Å². The second kappa shape index (κ2) is 7.32. The molecule has 0 saturated carbocycles. The Bertz CT molecular complexity index is 717. The third kappa shape index (κ3) is 4.35. The Labute approximate surface area is 137 Å². The number of benzene rings is 1. The van der Waals surface area contributed by atoms with E-state index in [9.17, 15) is 14.0 Å². The molecule has 0 aliphatic heterocycles. The van der Waals surface area contributed by atoms with Gasteiger partial charge in [-0.25, -0.2) is 9.37 Å². The summed E-state index contributed by atoms with van der Waals surface area (Å²) in [6.45, 7) is 1.64. The van der Waals surface area contributed by atoms with Crippen molar-refractivity contribution in [1.29, 1.82) is 0 Å². The molecule has 7 heteroatoms. The summed E-state index contributed by atoms with van der Waals surface area (Å²) < 4.78 is 13.6. The molecule has 23 heavy (non-hydrogen) atoms. The second-order valence-electron chi connectivity index (χ2n) is 5.32. The van der Waals surface area contributed by atoms with Gasteiger partial charge in [0.15, 0.2) is 0 Å². The smallest absolute Gasteiger partial charge is 0.308 e. The first-order valence-corrected chi connectivity index (χ1v) is 7.92. The number of aliphatic carboxylic acids is 1. The molecular formula is C16H17FN2O3S. The van der Waals surface area contributed by atoms with Gasteiger partial charge < -0.3 is 10.0 Å². The van der Waals surface area contributed by atoms with Crippen LogP contribution in [0.25, 0.3) is 0 Å². The van der Waals surface area contributed by atoms with E-state index in [-0.39, 0.29) is 24.0 Å². The lowest BCUT2D eigenvalue weighted by Gasteiger charge is -2.18. The molecule has 0 aliphatic carbocycles. The number of rotatable bonds is 6. The van der Waals surface area contributed by atoms with Crippen molar-refractivity contribution in [3.8, 4) is 0 Å². The lowest BCUT2D eigenvalue weighted by molar-refractivity contribution is -0.141. The SMILES string of the molecule is CC(CN(C)C(=O)c1csc(Cc2ccccc2F)n1)C(=O)O. The van der Waals surface area contributed by atoms with Crippen molar-refractivity contribution in [2.75, 3.05) is 13.6 Å². The van der Waals surface area contributed by atoms with Gasteiger partial charge in [0.25, 0.3) is 5.91 Å². The third-order valence-corrected chi connectivity index (χ3v) is 4.24. The molecule has 1 amide bonds. The number of thiazole rings is 1. The summed E-state index contributed by atoms with van der Waals surface area (Å²) in [5.74, 6) is -2.25. The Morgan fingerprint density at radius 1 is 1.39 bits per heavy atom. The van der Waals surface area contributed by atoms with Crippen molar-refractivity contribution in [2.45, 2.75) is 13.3 Å². The first kappa shape index (κ1) is 17.1. The van der Waals surface area contributed by atoms with Crippen LogP contribution in [0, 0.1) is 11.7 Å². The molecule has 2 rings (SSSR count). The molecule has 1 aromatic carbocycles. The number of carbonyl (C=O) groups excluding carboxylic acids is 1. The topological polar surface area (TPSA) is 70.5 Å². The molecule has 5 nitrogen and oxygen atoms in total. The molecule has 1 heterocycles. The number of halogens is 1. The van der Waals surface area contributed by atoms with Crippen molar-refractivity contribution in [3.05, 3.63) is 51.7 Å². The minimum Gasteiger partial charge on any atom is -0.481 e. The molecule has 1 unspecified atom stereocenters. The average molecular weight is 336 g/mol. The molecule has 0 aliphatic rings. The van der Waals surface area contributed by atoms with E-state index in [0.717, 1.165) is 0 Å². The summed E-state index contributed by atoms with van der Waals surface area (Å²) in [6, 6.07) is 6.43. The van der Waals surface area contributed by atoms with Crippen molar-refractivity contribution in [2.24, 2.45) is 5.92 Å². The lowest BCUT2D eigenvalue weighted by Crippen LogP contribution is -2.33. The molecule has 0 bridgehead atoms. The van der Waals surface area contributed by atoms with Gasteiger partial charge >= 0.3 is 5.97 Å². The number of hydrogen-bond donors (Lipinski definition) is 1. The number of aromatic nitrogens is 1. The highest BCUT2D eigenvalue weighted by atomic mass is 32.1. The van der Waals surface area contributed by atoms with Gasteiger partial charge in [-0.3, -0.25) is 9.59 Å². The maximum Gasteiger partial charge on any atom is 0.308 e. The second-order valence-corrected chi connectivity index (χ2v) is 6.26. The van der Waals surface area contributed by atoms with Crippen LogP contribution in [0.15, 0.2) is 29.6 Å². The van der Waals surface area contributed by atoms with Crippen LogP contribution in [0.5, 0.6) is 0 Å². The zero-order valence-electron chi connectivity index (χ0n) is 12.8. The van der Waals surface area contributed by atoms with E-state index >= 15 is 0 Å². The van der Waals surface area contributed by atoms with E-state index in [4.69, 9.17) is 5.11 Å². The van der Waals surface area contributed by atoms with E-state index in [1.54, 1.807) is 23.6 Å². The zero-order valence-corrected chi connectivity index (χ0v) is 13.6. The van der Waals surface area contributed by atoms with Gasteiger partial charge in [-0.15, -0.1) is 11.3 Å². The Balaban J connectivity index is 2.05. The summed E-state index contributed by atoms with van der Waals surface area (Å²) in [7, 11) is 1.54. The van der Waals surface area contributed by atoms with Gasteiger partial charge in [0.05, 0.1) is 10.9 Å².